The van der Waals surface area contributed by atoms with Gasteiger partial charge in [0.1, 0.15) is 5.54 Å². The van der Waals surface area contributed by atoms with Gasteiger partial charge in [-0.2, -0.15) is 0 Å². The van der Waals surface area contributed by atoms with Crippen LogP contribution in [0, 0.1) is 0 Å². The van der Waals surface area contributed by atoms with Crippen LogP contribution in [0.1, 0.15) is 64.7 Å². The molecule has 0 spiro atoms. The van der Waals surface area contributed by atoms with Crippen molar-refractivity contribution in [2.75, 3.05) is 6.61 Å². The highest BCUT2D eigenvalue weighted by molar-refractivity contribution is 5.78. The molecular formula is C14H27NO3. The first kappa shape index (κ1) is 15.4. The summed E-state index contributed by atoms with van der Waals surface area (Å²) in [5.74, 6) is -0.895. The van der Waals surface area contributed by atoms with Gasteiger partial charge >= 0.3 is 5.97 Å². The molecule has 0 aromatic carbocycles. The van der Waals surface area contributed by atoms with E-state index < -0.39 is 11.5 Å². The summed E-state index contributed by atoms with van der Waals surface area (Å²) in [7, 11) is 0. The molecule has 1 fully saturated rings. The number of carboxylic acids is 1. The second-order valence-electron chi connectivity index (χ2n) is 5.46. The number of unbranched alkanes of at least 4 members (excludes halogenated alkanes) is 5. The predicted molar refractivity (Wildman–Crippen MR) is 71.5 cm³/mol. The zero-order chi connectivity index (χ0) is 13.4. The summed E-state index contributed by atoms with van der Waals surface area (Å²) >= 11 is 0. The summed E-state index contributed by atoms with van der Waals surface area (Å²) in [5, 5.41) is 9.00. The molecule has 0 saturated heterocycles. The molecule has 1 aliphatic carbocycles. The number of aliphatic carboxylic acids is 1. The van der Waals surface area contributed by atoms with Crippen molar-refractivity contribution in [1.82, 2.24) is 0 Å². The molecular weight excluding hydrogens is 230 g/mol. The summed E-state index contributed by atoms with van der Waals surface area (Å²) in [5.41, 5.74) is 4.75. The lowest BCUT2D eigenvalue weighted by Crippen LogP contribution is -2.45. The van der Waals surface area contributed by atoms with Crippen LogP contribution in [0.4, 0.5) is 0 Å². The minimum Gasteiger partial charge on any atom is -0.480 e. The van der Waals surface area contributed by atoms with E-state index in [-0.39, 0.29) is 6.10 Å². The quantitative estimate of drug-likeness (QED) is 0.623. The summed E-state index contributed by atoms with van der Waals surface area (Å²) < 4.78 is 5.71. The molecule has 1 saturated carbocycles. The van der Waals surface area contributed by atoms with Gasteiger partial charge < -0.3 is 15.6 Å². The molecule has 18 heavy (non-hydrogen) atoms. The lowest BCUT2D eigenvalue weighted by atomic mass is 10.00. The maximum Gasteiger partial charge on any atom is 0.323 e. The molecule has 0 radical (unpaired) electrons. The fourth-order valence-electron chi connectivity index (χ4n) is 2.50. The smallest absolute Gasteiger partial charge is 0.323 e. The van der Waals surface area contributed by atoms with Gasteiger partial charge in [0.2, 0.25) is 0 Å². The SMILES string of the molecule is CCCCCCCCOC1CCC(N)(C(=O)O)C1. The van der Waals surface area contributed by atoms with Gasteiger partial charge in [-0.15, -0.1) is 0 Å². The number of carboxylic acid groups (broad SMARTS) is 1. The normalized spacial score (nSPS) is 27.6. The van der Waals surface area contributed by atoms with Crippen molar-refractivity contribution in [3.05, 3.63) is 0 Å². The minimum absolute atomic E-state index is 0.0433. The first-order chi connectivity index (χ1) is 8.58. The minimum atomic E-state index is -1.05. The topological polar surface area (TPSA) is 72.5 Å². The van der Waals surface area contributed by atoms with Crippen molar-refractivity contribution >= 4 is 5.97 Å². The third kappa shape index (κ3) is 4.94. The van der Waals surface area contributed by atoms with E-state index >= 15 is 0 Å². The Bertz CT molecular complexity index is 257. The van der Waals surface area contributed by atoms with E-state index in [1.807, 2.05) is 0 Å². The molecule has 1 aliphatic rings. The Kier molecular flexibility index (Phi) is 6.65. The summed E-state index contributed by atoms with van der Waals surface area (Å²) in [4.78, 5) is 11.0. The molecule has 3 N–H and O–H groups in total. The number of rotatable bonds is 9. The summed E-state index contributed by atoms with van der Waals surface area (Å²) in [6.07, 6.45) is 9.26. The van der Waals surface area contributed by atoms with Crippen LogP contribution >= 0.6 is 0 Å². The monoisotopic (exact) mass is 257 g/mol. The second kappa shape index (κ2) is 7.74. The molecule has 0 amide bonds. The van der Waals surface area contributed by atoms with Crippen LogP contribution in [0.5, 0.6) is 0 Å². The Morgan fingerprint density at radius 2 is 2.00 bits per heavy atom. The van der Waals surface area contributed by atoms with Gasteiger partial charge in [0.05, 0.1) is 6.10 Å². The Morgan fingerprint density at radius 1 is 1.33 bits per heavy atom. The number of hydrogen-bond acceptors (Lipinski definition) is 3. The van der Waals surface area contributed by atoms with Crippen LogP contribution in [0.25, 0.3) is 0 Å². The summed E-state index contributed by atoms with van der Waals surface area (Å²) in [6.45, 7) is 2.96. The highest BCUT2D eigenvalue weighted by Gasteiger charge is 2.42. The maximum absolute atomic E-state index is 11.0. The first-order valence-electron chi connectivity index (χ1n) is 7.22. The van der Waals surface area contributed by atoms with E-state index in [1.54, 1.807) is 0 Å². The molecule has 0 aromatic heterocycles. The Morgan fingerprint density at radius 3 is 2.61 bits per heavy atom. The zero-order valence-electron chi connectivity index (χ0n) is 11.5. The van der Waals surface area contributed by atoms with E-state index in [0.717, 1.165) is 19.4 Å². The van der Waals surface area contributed by atoms with Gasteiger partial charge in [-0.05, 0) is 19.3 Å². The zero-order valence-corrected chi connectivity index (χ0v) is 11.5. The van der Waals surface area contributed by atoms with Crippen molar-refractivity contribution < 1.29 is 14.6 Å². The average molecular weight is 257 g/mol. The number of carbonyl (C=O) groups is 1. The number of hydrogen-bond donors (Lipinski definition) is 2. The highest BCUT2D eigenvalue weighted by atomic mass is 16.5. The van der Waals surface area contributed by atoms with E-state index in [0.29, 0.717) is 12.8 Å². The van der Waals surface area contributed by atoms with Gasteiger partial charge in [0.15, 0.2) is 0 Å². The van der Waals surface area contributed by atoms with Gasteiger partial charge in [0.25, 0.3) is 0 Å². The lowest BCUT2D eigenvalue weighted by molar-refractivity contribution is -0.143. The number of ether oxygens (including phenoxy) is 1. The van der Waals surface area contributed by atoms with Crippen LogP contribution in [0.3, 0.4) is 0 Å². The van der Waals surface area contributed by atoms with Gasteiger partial charge in [-0.1, -0.05) is 39.0 Å². The molecule has 2 atom stereocenters. The predicted octanol–water partition coefficient (Wildman–Crippen LogP) is 2.70. The Hall–Kier alpha value is -0.610. The van der Waals surface area contributed by atoms with Crippen LogP contribution in [0.2, 0.25) is 0 Å². The third-order valence-corrected chi connectivity index (χ3v) is 3.78. The van der Waals surface area contributed by atoms with Crippen molar-refractivity contribution in [3.63, 3.8) is 0 Å². The van der Waals surface area contributed by atoms with Crippen molar-refractivity contribution in [1.29, 1.82) is 0 Å². The maximum atomic E-state index is 11.0. The van der Waals surface area contributed by atoms with Gasteiger partial charge in [0, 0.05) is 13.0 Å². The van der Waals surface area contributed by atoms with Gasteiger partial charge in [-0.25, -0.2) is 0 Å². The fraction of sp³-hybridized carbons (Fsp3) is 0.929. The second-order valence-corrected chi connectivity index (χ2v) is 5.46. The van der Waals surface area contributed by atoms with Crippen molar-refractivity contribution in [2.45, 2.75) is 76.4 Å². The van der Waals surface area contributed by atoms with E-state index in [2.05, 4.69) is 6.92 Å². The largest absolute Gasteiger partial charge is 0.480 e. The van der Waals surface area contributed by atoms with Crippen molar-refractivity contribution in [2.24, 2.45) is 5.73 Å². The molecule has 2 unspecified atom stereocenters. The molecule has 106 valence electrons. The van der Waals surface area contributed by atoms with Crippen LogP contribution in [-0.2, 0) is 9.53 Å². The fourth-order valence-corrected chi connectivity index (χ4v) is 2.50. The Labute approximate surface area is 110 Å². The first-order valence-corrected chi connectivity index (χ1v) is 7.22. The van der Waals surface area contributed by atoms with E-state index in [9.17, 15) is 4.79 Å². The molecule has 0 aliphatic heterocycles. The molecule has 0 heterocycles. The highest BCUT2D eigenvalue weighted by Crippen LogP contribution is 2.30. The van der Waals surface area contributed by atoms with Crippen LogP contribution < -0.4 is 5.73 Å². The molecule has 0 aromatic rings. The van der Waals surface area contributed by atoms with Crippen LogP contribution in [0.15, 0.2) is 0 Å². The average Bonchev–Trinajstić information content (AvgIpc) is 2.72. The number of nitrogens with two attached hydrogens (primary N) is 1. The molecule has 0 bridgehead atoms. The summed E-state index contributed by atoms with van der Waals surface area (Å²) in [6, 6.07) is 0. The van der Waals surface area contributed by atoms with E-state index in [4.69, 9.17) is 15.6 Å². The van der Waals surface area contributed by atoms with Crippen molar-refractivity contribution in [3.8, 4) is 0 Å². The van der Waals surface area contributed by atoms with E-state index in [1.165, 1.54) is 32.1 Å². The molecule has 1 rings (SSSR count). The third-order valence-electron chi connectivity index (χ3n) is 3.78. The standard InChI is InChI=1S/C14H27NO3/c1-2-3-4-5-6-7-10-18-12-8-9-14(15,11-12)13(16)17/h12H,2-11,15H2,1H3,(H,16,17). The molecule has 4 nitrogen and oxygen atoms in total. The van der Waals surface area contributed by atoms with Crippen LogP contribution in [-0.4, -0.2) is 29.3 Å². The Balaban J connectivity index is 2.03. The van der Waals surface area contributed by atoms with Gasteiger partial charge in [-0.3, -0.25) is 4.79 Å². The molecule has 4 heteroatoms. The lowest BCUT2D eigenvalue weighted by Gasteiger charge is -2.18.